The minimum Gasteiger partial charge on any atom is -0.497 e. The molecule has 0 aliphatic heterocycles. The Kier molecular flexibility index (Phi) is 4.78. The van der Waals surface area contributed by atoms with E-state index < -0.39 is 11.9 Å². The lowest BCUT2D eigenvalue weighted by molar-refractivity contribution is -0.141. The molecule has 0 fully saturated rings. The molecule has 94 valence electrons. The van der Waals surface area contributed by atoms with E-state index >= 15 is 0 Å². The van der Waals surface area contributed by atoms with Gasteiger partial charge in [0, 0.05) is 12.6 Å². The third-order valence-corrected chi connectivity index (χ3v) is 2.53. The smallest absolute Gasteiger partial charge is 0.308 e. The molecule has 0 saturated carbocycles. The maximum Gasteiger partial charge on any atom is 0.308 e. The number of hydrogen-bond donors (Lipinski definition) is 2. The van der Waals surface area contributed by atoms with Gasteiger partial charge >= 0.3 is 5.97 Å². The van der Waals surface area contributed by atoms with Crippen LogP contribution in [-0.4, -0.2) is 31.8 Å². The van der Waals surface area contributed by atoms with Gasteiger partial charge in [0.05, 0.1) is 20.1 Å². The van der Waals surface area contributed by atoms with Crippen molar-refractivity contribution in [1.29, 1.82) is 0 Å². The van der Waals surface area contributed by atoms with Gasteiger partial charge in [0.1, 0.15) is 11.5 Å². The Morgan fingerprint density at radius 1 is 1.29 bits per heavy atom. The van der Waals surface area contributed by atoms with E-state index in [1.54, 1.807) is 32.4 Å². The van der Waals surface area contributed by atoms with Gasteiger partial charge in [-0.1, -0.05) is 0 Å². The van der Waals surface area contributed by atoms with Gasteiger partial charge in [0.2, 0.25) is 0 Å². The van der Waals surface area contributed by atoms with Crippen LogP contribution in [0.5, 0.6) is 11.5 Å². The topological polar surface area (TPSA) is 81.8 Å². The van der Waals surface area contributed by atoms with Crippen molar-refractivity contribution in [2.75, 3.05) is 20.8 Å². The van der Waals surface area contributed by atoms with Crippen LogP contribution in [0, 0.1) is 5.92 Å². The molecule has 0 aliphatic rings. The van der Waals surface area contributed by atoms with Crippen LogP contribution in [0.4, 0.5) is 0 Å². The van der Waals surface area contributed by atoms with Crippen molar-refractivity contribution in [3.8, 4) is 11.5 Å². The summed E-state index contributed by atoms with van der Waals surface area (Å²) in [6.45, 7) is 0.106. The number of aliphatic carboxylic acids is 1. The standard InChI is InChI=1S/C12H17NO4/c1-16-10-4-8(5-11(6-10)17-2)3-9(7-13)12(14)15/h4-6,9H,3,7,13H2,1-2H3,(H,14,15)/t9-/m0/s1. The first-order valence-electron chi connectivity index (χ1n) is 5.25. The number of carbonyl (C=O) groups is 1. The molecule has 0 heterocycles. The molecule has 0 aliphatic carbocycles. The normalized spacial score (nSPS) is 11.9. The quantitative estimate of drug-likeness (QED) is 0.771. The highest BCUT2D eigenvalue weighted by Crippen LogP contribution is 2.24. The Bertz CT molecular complexity index is 370. The first-order valence-corrected chi connectivity index (χ1v) is 5.25. The SMILES string of the molecule is COc1cc(C[C@@H](CN)C(=O)O)cc(OC)c1. The molecule has 1 atom stereocenters. The van der Waals surface area contributed by atoms with E-state index in [1.165, 1.54) is 0 Å². The molecular weight excluding hydrogens is 222 g/mol. The van der Waals surface area contributed by atoms with Crippen molar-refractivity contribution in [1.82, 2.24) is 0 Å². The molecule has 0 spiro atoms. The van der Waals surface area contributed by atoms with Crippen molar-refractivity contribution in [3.63, 3.8) is 0 Å². The lowest BCUT2D eigenvalue weighted by atomic mass is 9.99. The number of benzene rings is 1. The van der Waals surface area contributed by atoms with Crippen LogP contribution >= 0.6 is 0 Å². The molecule has 5 heteroatoms. The van der Waals surface area contributed by atoms with Gasteiger partial charge in [-0.3, -0.25) is 4.79 Å². The average Bonchev–Trinajstić information content (AvgIpc) is 2.34. The monoisotopic (exact) mass is 239 g/mol. The zero-order valence-corrected chi connectivity index (χ0v) is 9.97. The minimum absolute atomic E-state index is 0.106. The number of carboxylic acids is 1. The molecule has 1 rings (SSSR count). The summed E-state index contributed by atoms with van der Waals surface area (Å²) in [5, 5.41) is 8.95. The molecule has 1 aromatic carbocycles. The summed E-state index contributed by atoms with van der Waals surface area (Å²) in [5.41, 5.74) is 6.25. The molecule has 0 amide bonds. The fourth-order valence-electron chi connectivity index (χ4n) is 1.54. The molecule has 3 N–H and O–H groups in total. The van der Waals surface area contributed by atoms with Crippen LogP contribution in [0.15, 0.2) is 18.2 Å². The van der Waals surface area contributed by atoms with E-state index in [-0.39, 0.29) is 6.54 Å². The number of methoxy groups -OCH3 is 2. The van der Waals surface area contributed by atoms with Crippen LogP contribution in [0.25, 0.3) is 0 Å². The van der Waals surface area contributed by atoms with E-state index in [2.05, 4.69) is 0 Å². The Labute approximate surface area is 100 Å². The number of rotatable bonds is 6. The Morgan fingerprint density at radius 3 is 2.18 bits per heavy atom. The van der Waals surface area contributed by atoms with E-state index in [9.17, 15) is 4.79 Å². The number of ether oxygens (including phenoxy) is 2. The van der Waals surface area contributed by atoms with Crippen LogP contribution in [0.1, 0.15) is 5.56 Å². The number of nitrogens with two attached hydrogens (primary N) is 1. The molecule has 17 heavy (non-hydrogen) atoms. The highest BCUT2D eigenvalue weighted by Gasteiger charge is 2.16. The first-order chi connectivity index (χ1) is 8.10. The van der Waals surface area contributed by atoms with Gasteiger partial charge in [0.25, 0.3) is 0 Å². The van der Waals surface area contributed by atoms with Crippen molar-refractivity contribution in [2.24, 2.45) is 11.7 Å². The maximum absolute atomic E-state index is 10.9. The summed E-state index contributed by atoms with van der Waals surface area (Å²) in [6.07, 6.45) is 0.361. The molecule has 0 saturated heterocycles. The van der Waals surface area contributed by atoms with Gasteiger partial charge in [0.15, 0.2) is 0 Å². The molecule has 0 radical (unpaired) electrons. The summed E-state index contributed by atoms with van der Waals surface area (Å²) in [7, 11) is 3.10. The minimum atomic E-state index is -0.894. The Morgan fingerprint density at radius 2 is 1.82 bits per heavy atom. The average molecular weight is 239 g/mol. The van der Waals surface area contributed by atoms with Crippen LogP contribution < -0.4 is 15.2 Å². The zero-order chi connectivity index (χ0) is 12.8. The van der Waals surface area contributed by atoms with Crippen molar-refractivity contribution < 1.29 is 19.4 Å². The highest BCUT2D eigenvalue weighted by molar-refractivity contribution is 5.70. The van der Waals surface area contributed by atoms with Crippen LogP contribution in [0.3, 0.4) is 0 Å². The van der Waals surface area contributed by atoms with Crippen molar-refractivity contribution in [3.05, 3.63) is 23.8 Å². The molecule has 0 aromatic heterocycles. The van der Waals surface area contributed by atoms with Gasteiger partial charge in [-0.05, 0) is 24.1 Å². The third kappa shape index (κ3) is 3.64. The van der Waals surface area contributed by atoms with Gasteiger partial charge in [-0.2, -0.15) is 0 Å². The summed E-state index contributed by atoms with van der Waals surface area (Å²) in [5.74, 6) is -0.206. The highest BCUT2D eigenvalue weighted by atomic mass is 16.5. The lowest BCUT2D eigenvalue weighted by Gasteiger charge is -2.12. The fraction of sp³-hybridized carbons (Fsp3) is 0.417. The predicted octanol–water partition coefficient (Wildman–Crippen LogP) is 0.906. The zero-order valence-electron chi connectivity index (χ0n) is 9.97. The third-order valence-electron chi connectivity index (χ3n) is 2.53. The maximum atomic E-state index is 10.9. The molecule has 5 nitrogen and oxygen atoms in total. The van der Waals surface area contributed by atoms with Crippen LogP contribution in [-0.2, 0) is 11.2 Å². The second-order valence-corrected chi connectivity index (χ2v) is 3.70. The van der Waals surface area contributed by atoms with Gasteiger partial charge in [-0.25, -0.2) is 0 Å². The largest absolute Gasteiger partial charge is 0.497 e. The second kappa shape index (κ2) is 6.10. The van der Waals surface area contributed by atoms with E-state index in [4.69, 9.17) is 20.3 Å². The van der Waals surface area contributed by atoms with E-state index in [1.807, 2.05) is 0 Å². The predicted molar refractivity (Wildman–Crippen MR) is 63.4 cm³/mol. The summed E-state index contributed by atoms with van der Waals surface area (Å²) < 4.78 is 10.2. The summed E-state index contributed by atoms with van der Waals surface area (Å²) in [6, 6.07) is 5.31. The lowest BCUT2D eigenvalue weighted by Crippen LogP contribution is -2.25. The molecular formula is C12H17NO4. The van der Waals surface area contributed by atoms with Crippen LogP contribution in [0.2, 0.25) is 0 Å². The van der Waals surface area contributed by atoms with Crippen molar-refractivity contribution >= 4 is 5.97 Å². The Hall–Kier alpha value is -1.75. The summed E-state index contributed by atoms with van der Waals surface area (Å²) in [4.78, 5) is 10.9. The fourth-order valence-corrected chi connectivity index (χ4v) is 1.54. The van der Waals surface area contributed by atoms with Crippen molar-refractivity contribution in [2.45, 2.75) is 6.42 Å². The van der Waals surface area contributed by atoms with E-state index in [0.717, 1.165) is 5.56 Å². The molecule has 0 bridgehead atoms. The Balaban J connectivity index is 2.92. The van der Waals surface area contributed by atoms with Gasteiger partial charge in [-0.15, -0.1) is 0 Å². The van der Waals surface area contributed by atoms with E-state index in [0.29, 0.717) is 17.9 Å². The summed E-state index contributed by atoms with van der Waals surface area (Å²) >= 11 is 0. The second-order valence-electron chi connectivity index (χ2n) is 3.70. The molecule has 0 unspecified atom stereocenters. The first kappa shape index (κ1) is 13.3. The number of hydrogen-bond acceptors (Lipinski definition) is 4. The van der Waals surface area contributed by atoms with Gasteiger partial charge < -0.3 is 20.3 Å². The number of carboxylic acid groups (broad SMARTS) is 1. The molecule has 1 aromatic rings.